The average molecular weight is 659 g/mol. The van der Waals surface area contributed by atoms with Crippen molar-refractivity contribution in [3.8, 4) is 11.5 Å². The van der Waals surface area contributed by atoms with Crippen molar-refractivity contribution in [1.82, 2.24) is 0 Å². The molecular weight excluding hydrogens is 608 g/mol. The third-order valence-electron chi connectivity index (χ3n) is 11.0. The standard InChI is InChI=1S/C32H50O14/c1-14(10-33)16-9-15-5-6-19-31(2,13-43-29-26(41)24(39)21(36)17(11-34)44-29)7-4-8-32(19,3)20(15)23(38)28(16)46-30-27(42)25(40)22(37)18(12-35)45-30/h9,14,17-19,21-22,24-27,29-30,33-42H,4-8,10-13H2,1-3H3/t14?,17-,18+,19+,21-,22+,24+,25-,26-,27+,29-,30-,31-,32+/m1/s1. The lowest BCUT2D eigenvalue weighted by molar-refractivity contribution is -0.308. The number of aliphatic hydroxyl groups excluding tert-OH is 9. The van der Waals surface area contributed by atoms with Crippen molar-refractivity contribution in [3.05, 3.63) is 22.8 Å². The van der Waals surface area contributed by atoms with Gasteiger partial charge in [-0.25, -0.2) is 0 Å². The summed E-state index contributed by atoms with van der Waals surface area (Å²) in [5.74, 6) is -0.740. The zero-order chi connectivity index (χ0) is 33.7. The van der Waals surface area contributed by atoms with Gasteiger partial charge in [0.2, 0.25) is 6.29 Å². The number of hydrogen-bond donors (Lipinski definition) is 10. The molecule has 0 bridgehead atoms. The van der Waals surface area contributed by atoms with Crippen molar-refractivity contribution in [3.63, 3.8) is 0 Å². The van der Waals surface area contributed by atoms with Crippen LogP contribution in [0.5, 0.6) is 11.5 Å². The van der Waals surface area contributed by atoms with Gasteiger partial charge in [-0.15, -0.1) is 0 Å². The van der Waals surface area contributed by atoms with Crippen molar-refractivity contribution in [2.24, 2.45) is 11.3 Å². The smallest absolute Gasteiger partial charge is 0.229 e. The molecule has 262 valence electrons. The van der Waals surface area contributed by atoms with Crippen LogP contribution in [0.4, 0.5) is 0 Å². The van der Waals surface area contributed by atoms with E-state index in [1.54, 1.807) is 6.92 Å². The topological polar surface area (TPSA) is 239 Å². The summed E-state index contributed by atoms with van der Waals surface area (Å²) in [4.78, 5) is 0. The van der Waals surface area contributed by atoms with E-state index in [1.165, 1.54) is 0 Å². The third kappa shape index (κ3) is 6.05. The number of phenols is 1. The highest BCUT2D eigenvalue weighted by atomic mass is 16.7. The molecule has 14 nitrogen and oxygen atoms in total. The van der Waals surface area contributed by atoms with Gasteiger partial charge in [-0.05, 0) is 48.0 Å². The Morgan fingerprint density at radius 1 is 0.848 bits per heavy atom. The summed E-state index contributed by atoms with van der Waals surface area (Å²) in [7, 11) is 0. The van der Waals surface area contributed by atoms with Crippen LogP contribution in [0.3, 0.4) is 0 Å². The van der Waals surface area contributed by atoms with Crippen LogP contribution >= 0.6 is 0 Å². The molecule has 1 aromatic rings. The lowest BCUT2D eigenvalue weighted by Gasteiger charge is -2.56. The fourth-order valence-corrected chi connectivity index (χ4v) is 8.32. The molecule has 14 heteroatoms. The quantitative estimate of drug-likeness (QED) is 0.145. The van der Waals surface area contributed by atoms with Crippen molar-refractivity contribution in [1.29, 1.82) is 0 Å². The van der Waals surface area contributed by atoms with Crippen LogP contribution in [-0.4, -0.2) is 139 Å². The van der Waals surface area contributed by atoms with Gasteiger partial charge in [-0.3, -0.25) is 0 Å². The molecular formula is C32H50O14. The molecule has 10 N–H and O–H groups in total. The molecule has 5 rings (SSSR count). The Morgan fingerprint density at radius 2 is 1.43 bits per heavy atom. The van der Waals surface area contributed by atoms with Gasteiger partial charge in [0, 0.05) is 23.7 Å². The Morgan fingerprint density at radius 3 is 2.02 bits per heavy atom. The Kier molecular flexibility index (Phi) is 10.6. The van der Waals surface area contributed by atoms with E-state index in [9.17, 15) is 51.1 Å². The van der Waals surface area contributed by atoms with E-state index in [4.69, 9.17) is 18.9 Å². The van der Waals surface area contributed by atoms with Crippen LogP contribution in [0.25, 0.3) is 0 Å². The zero-order valence-corrected chi connectivity index (χ0v) is 26.5. The SMILES string of the molecule is CC(CO)c1cc2c(c(O)c1O[C@H]1O[C@@H](CO)[C@H](O)[C@@H](O)[C@@H]1O)[C@@]1(C)CCC[C@](C)(CO[C@@H]3O[C@H](CO)[C@@H](O)[C@H](O)[C@H]3O)[C@@H]1CC2. The van der Waals surface area contributed by atoms with Crippen LogP contribution < -0.4 is 4.74 Å². The molecule has 2 saturated heterocycles. The van der Waals surface area contributed by atoms with Gasteiger partial charge < -0.3 is 70.0 Å². The summed E-state index contributed by atoms with van der Waals surface area (Å²) >= 11 is 0. The molecule has 1 aromatic carbocycles. The maximum Gasteiger partial charge on any atom is 0.229 e. The fraction of sp³-hybridized carbons (Fsp3) is 0.812. The van der Waals surface area contributed by atoms with Crippen LogP contribution in [0.1, 0.15) is 69.1 Å². The van der Waals surface area contributed by atoms with E-state index >= 15 is 0 Å². The Labute approximate surface area is 267 Å². The van der Waals surface area contributed by atoms with Crippen LogP contribution in [0.2, 0.25) is 0 Å². The summed E-state index contributed by atoms with van der Waals surface area (Å²) in [5.41, 5.74) is 0.925. The van der Waals surface area contributed by atoms with E-state index < -0.39 is 91.4 Å². The third-order valence-corrected chi connectivity index (χ3v) is 11.0. The van der Waals surface area contributed by atoms with Crippen molar-refractivity contribution in [2.75, 3.05) is 26.4 Å². The summed E-state index contributed by atoms with van der Waals surface area (Å²) < 4.78 is 23.3. The highest BCUT2D eigenvalue weighted by Gasteiger charge is 2.55. The van der Waals surface area contributed by atoms with Gasteiger partial charge in [0.15, 0.2) is 17.8 Å². The molecule has 2 aliphatic heterocycles. The number of aryl methyl sites for hydroxylation is 1. The lowest BCUT2D eigenvalue weighted by Crippen LogP contribution is -2.60. The van der Waals surface area contributed by atoms with E-state index in [0.717, 1.165) is 24.8 Å². The first-order chi connectivity index (χ1) is 21.7. The molecule has 1 saturated carbocycles. The van der Waals surface area contributed by atoms with Gasteiger partial charge in [-0.2, -0.15) is 0 Å². The van der Waals surface area contributed by atoms with Gasteiger partial charge in [0.1, 0.15) is 48.8 Å². The monoisotopic (exact) mass is 658 g/mol. The minimum absolute atomic E-state index is 0.0312. The summed E-state index contributed by atoms with van der Waals surface area (Å²) in [6, 6.07) is 1.88. The number of benzene rings is 1. The molecule has 2 heterocycles. The molecule has 14 atom stereocenters. The largest absolute Gasteiger partial charge is 0.504 e. The Bertz CT molecular complexity index is 1210. The number of rotatable bonds is 9. The first-order valence-corrected chi connectivity index (χ1v) is 16.1. The molecule has 0 radical (unpaired) electrons. The first kappa shape index (κ1) is 35.6. The van der Waals surface area contributed by atoms with E-state index in [1.807, 2.05) is 6.07 Å². The van der Waals surface area contributed by atoms with Crippen molar-refractivity contribution in [2.45, 2.75) is 126 Å². The first-order valence-electron chi connectivity index (χ1n) is 16.1. The molecule has 0 spiro atoms. The molecule has 0 aromatic heterocycles. The van der Waals surface area contributed by atoms with E-state index in [2.05, 4.69) is 13.8 Å². The second-order valence-electron chi connectivity index (χ2n) is 14.1. The maximum absolute atomic E-state index is 12.0. The predicted molar refractivity (Wildman–Crippen MR) is 159 cm³/mol. The fourth-order valence-electron chi connectivity index (χ4n) is 8.32. The van der Waals surface area contributed by atoms with Crippen LogP contribution in [0, 0.1) is 11.3 Å². The zero-order valence-electron chi connectivity index (χ0n) is 26.5. The molecule has 46 heavy (non-hydrogen) atoms. The van der Waals surface area contributed by atoms with Crippen LogP contribution in [-0.2, 0) is 26.0 Å². The van der Waals surface area contributed by atoms with Gasteiger partial charge >= 0.3 is 0 Å². The highest BCUT2D eigenvalue weighted by molar-refractivity contribution is 5.60. The van der Waals surface area contributed by atoms with Gasteiger partial charge in [0.25, 0.3) is 0 Å². The minimum atomic E-state index is -1.70. The Balaban J connectivity index is 1.47. The van der Waals surface area contributed by atoms with Crippen molar-refractivity contribution < 1.29 is 70.0 Å². The number of aliphatic hydroxyl groups is 9. The van der Waals surface area contributed by atoms with Gasteiger partial charge in [0.05, 0.1) is 19.8 Å². The number of fused-ring (bicyclic) bond motifs is 3. The van der Waals surface area contributed by atoms with Crippen LogP contribution in [0.15, 0.2) is 6.07 Å². The molecule has 0 amide bonds. The number of ether oxygens (including phenoxy) is 4. The number of aromatic hydroxyl groups is 1. The second-order valence-corrected chi connectivity index (χ2v) is 14.1. The molecule has 4 aliphatic rings. The molecule has 1 unspecified atom stereocenters. The molecule has 3 fully saturated rings. The van der Waals surface area contributed by atoms with E-state index in [0.29, 0.717) is 24.0 Å². The minimum Gasteiger partial charge on any atom is -0.504 e. The second kappa shape index (κ2) is 13.7. The van der Waals surface area contributed by atoms with E-state index in [-0.39, 0.29) is 30.6 Å². The maximum atomic E-state index is 12.0. The summed E-state index contributed by atoms with van der Waals surface area (Å²) in [6.07, 6.45) is -11.1. The Hall–Kier alpha value is -1.66. The summed E-state index contributed by atoms with van der Waals surface area (Å²) in [6.45, 7) is 4.52. The molecule has 2 aliphatic carbocycles. The van der Waals surface area contributed by atoms with Crippen molar-refractivity contribution >= 4 is 0 Å². The average Bonchev–Trinajstić information content (AvgIpc) is 3.03. The summed E-state index contributed by atoms with van der Waals surface area (Å²) in [5, 5.41) is 104. The predicted octanol–water partition coefficient (Wildman–Crippen LogP) is -1.51. The normalized spacial score (nSPS) is 43.4. The van der Waals surface area contributed by atoms with Gasteiger partial charge in [-0.1, -0.05) is 33.3 Å². The number of hydrogen-bond acceptors (Lipinski definition) is 14. The lowest BCUT2D eigenvalue weighted by atomic mass is 9.49. The highest BCUT2D eigenvalue weighted by Crippen LogP contribution is 2.61. The number of phenolic OH excluding ortho intramolecular Hbond substituents is 1.